The lowest BCUT2D eigenvalue weighted by molar-refractivity contribution is -0.120. The van der Waals surface area contributed by atoms with E-state index < -0.39 is 0 Å². The molecule has 2 heterocycles. The summed E-state index contributed by atoms with van der Waals surface area (Å²) in [5.74, 6) is 1.09. The molecular weight excluding hydrogens is 424 g/mol. The molecule has 0 N–H and O–H groups in total. The van der Waals surface area contributed by atoms with E-state index in [-0.39, 0.29) is 18.6 Å². The van der Waals surface area contributed by atoms with Gasteiger partial charge >= 0.3 is 0 Å². The summed E-state index contributed by atoms with van der Waals surface area (Å²) >= 11 is 7.74. The van der Waals surface area contributed by atoms with Crippen molar-refractivity contribution in [3.05, 3.63) is 47.0 Å². The number of aromatic nitrogens is 1. The third kappa shape index (κ3) is 4.53. The molecule has 6 nitrogen and oxygen atoms in total. The molecule has 3 aromatic rings. The van der Waals surface area contributed by atoms with Crippen molar-refractivity contribution in [3.8, 4) is 11.5 Å². The summed E-state index contributed by atoms with van der Waals surface area (Å²) < 4.78 is 17.7. The summed E-state index contributed by atoms with van der Waals surface area (Å²) in [5, 5.41) is 1.14. The van der Waals surface area contributed by atoms with Crippen LogP contribution in [0.5, 0.6) is 11.5 Å². The minimum Gasteiger partial charge on any atom is -0.494 e. The lowest BCUT2D eigenvalue weighted by atomic mass is 10.2. The molecule has 0 bridgehead atoms. The molecule has 1 aromatic heterocycles. The fourth-order valence-corrected chi connectivity index (χ4v) is 4.64. The maximum absolute atomic E-state index is 13.1. The van der Waals surface area contributed by atoms with Gasteiger partial charge in [0.05, 0.1) is 29.5 Å². The zero-order chi connectivity index (χ0) is 21.1. The van der Waals surface area contributed by atoms with E-state index in [0.717, 1.165) is 23.1 Å². The first-order valence-electron chi connectivity index (χ1n) is 9.79. The quantitative estimate of drug-likeness (QED) is 0.518. The van der Waals surface area contributed by atoms with Gasteiger partial charge in [0.15, 0.2) is 11.7 Å². The second-order valence-electron chi connectivity index (χ2n) is 7.16. The fourth-order valence-electron chi connectivity index (χ4n) is 3.36. The van der Waals surface area contributed by atoms with Gasteiger partial charge in [0.2, 0.25) is 0 Å². The number of thiazole rings is 1. The fraction of sp³-hybridized carbons (Fsp3) is 0.364. The van der Waals surface area contributed by atoms with Crippen LogP contribution in [-0.4, -0.2) is 43.9 Å². The van der Waals surface area contributed by atoms with E-state index in [1.165, 1.54) is 11.3 Å². The molecule has 158 valence electrons. The van der Waals surface area contributed by atoms with Crippen LogP contribution in [0.1, 0.15) is 18.4 Å². The molecule has 1 aliphatic rings. The van der Waals surface area contributed by atoms with Crippen molar-refractivity contribution in [2.75, 3.05) is 31.8 Å². The third-order valence-electron chi connectivity index (χ3n) is 4.99. The number of halogens is 1. The van der Waals surface area contributed by atoms with Crippen molar-refractivity contribution in [1.29, 1.82) is 0 Å². The number of fused-ring (bicyclic) bond motifs is 1. The van der Waals surface area contributed by atoms with Crippen molar-refractivity contribution in [2.24, 2.45) is 0 Å². The smallest absolute Gasteiger partial charge is 0.266 e. The lowest BCUT2D eigenvalue weighted by Gasteiger charge is -2.23. The molecule has 4 rings (SSSR count). The van der Waals surface area contributed by atoms with Gasteiger partial charge in [-0.05, 0) is 44.0 Å². The van der Waals surface area contributed by atoms with Gasteiger partial charge in [-0.2, -0.15) is 0 Å². The number of anilines is 1. The molecule has 30 heavy (non-hydrogen) atoms. The van der Waals surface area contributed by atoms with Crippen molar-refractivity contribution >= 4 is 44.2 Å². The Balaban J connectivity index is 1.60. The minimum atomic E-state index is -0.180. The van der Waals surface area contributed by atoms with Gasteiger partial charge < -0.3 is 14.2 Å². The lowest BCUT2D eigenvalue weighted by Crippen LogP contribution is -2.40. The number of nitrogens with zero attached hydrogens (tertiary/aromatic N) is 2. The molecule has 1 fully saturated rings. The minimum absolute atomic E-state index is 0.0160. The molecule has 1 amide bonds. The SMILES string of the molecule is COc1ccc(Cl)c2sc(N(CC3CCCO3)C(=O)COc3ccc(C)cc3)nc12. The zero-order valence-electron chi connectivity index (χ0n) is 16.9. The number of benzene rings is 2. The Morgan fingerprint density at radius 1 is 1.30 bits per heavy atom. The average molecular weight is 447 g/mol. The van der Waals surface area contributed by atoms with Crippen LogP contribution in [-0.2, 0) is 9.53 Å². The van der Waals surface area contributed by atoms with Crippen LogP contribution in [0.15, 0.2) is 36.4 Å². The van der Waals surface area contributed by atoms with Gasteiger partial charge in [0, 0.05) is 6.61 Å². The summed E-state index contributed by atoms with van der Waals surface area (Å²) in [4.78, 5) is 19.5. The number of carbonyl (C=O) groups excluding carboxylic acids is 1. The number of hydrogen-bond donors (Lipinski definition) is 0. The summed E-state index contributed by atoms with van der Waals surface area (Å²) in [6.45, 7) is 3.06. The number of ether oxygens (including phenoxy) is 3. The van der Waals surface area contributed by atoms with E-state index in [9.17, 15) is 4.79 Å². The predicted molar refractivity (Wildman–Crippen MR) is 119 cm³/mol. The standard InChI is InChI=1S/C22H23ClN2O4S/c1-14-5-7-15(8-6-14)29-13-19(26)25(12-16-4-3-11-28-16)22-24-20-18(27-2)10-9-17(23)21(20)30-22/h5-10,16H,3-4,11-13H2,1-2H3. The first-order valence-corrected chi connectivity index (χ1v) is 11.0. The maximum Gasteiger partial charge on any atom is 0.266 e. The van der Waals surface area contributed by atoms with E-state index in [1.54, 1.807) is 24.1 Å². The number of aryl methyl sites for hydroxylation is 1. The molecule has 8 heteroatoms. The van der Waals surface area contributed by atoms with E-state index in [4.69, 9.17) is 25.8 Å². The summed E-state index contributed by atoms with van der Waals surface area (Å²) in [7, 11) is 1.59. The number of amides is 1. The number of hydrogen-bond acceptors (Lipinski definition) is 6. The van der Waals surface area contributed by atoms with E-state index >= 15 is 0 Å². The topological polar surface area (TPSA) is 60.9 Å². The van der Waals surface area contributed by atoms with Gasteiger partial charge in [-0.3, -0.25) is 9.69 Å². The van der Waals surface area contributed by atoms with Crippen molar-refractivity contribution in [1.82, 2.24) is 4.98 Å². The van der Waals surface area contributed by atoms with Crippen LogP contribution >= 0.6 is 22.9 Å². The number of rotatable bonds is 7. The Bertz CT molecular complexity index is 1030. The van der Waals surface area contributed by atoms with Gasteiger partial charge in [0.1, 0.15) is 17.0 Å². The zero-order valence-corrected chi connectivity index (χ0v) is 18.5. The monoisotopic (exact) mass is 446 g/mol. The normalized spacial score (nSPS) is 16.0. The van der Waals surface area contributed by atoms with Crippen molar-refractivity contribution < 1.29 is 19.0 Å². The Morgan fingerprint density at radius 2 is 2.10 bits per heavy atom. The van der Waals surface area contributed by atoms with Crippen LogP contribution in [0.2, 0.25) is 5.02 Å². The van der Waals surface area contributed by atoms with E-state index in [0.29, 0.717) is 40.3 Å². The van der Waals surface area contributed by atoms with Crippen LogP contribution in [0.3, 0.4) is 0 Å². The number of carbonyl (C=O) groups is 1. The highest BCUT2D eigenvalue weighted by atomic mass is 35.5. The molecule has 1 atom stereocenters. The molecule has 0 radical (unpaired) electrons. The number of methoxy groups -OCH3 is 1. The second-order valence-corrected chi connectivity index (χ2v) is 8.55. The van der Waals surface area contributed by atoms with Crippen LogP contribution < -0.4 is 14.4 Å². The molecule has 1 saturated heterocycles. The highest BCUT2D eigenvalue weighted by Gasteiger charge is 2.27. The van der Waals surface area contributed by atoms with E-state index in [2.05, 4.69) is 4.98 Å². The largest absolute Gasteiger partial charge is 0.494 e. The van der Waals surface area contributed by atoms with E-state index in [1.807, 2.05) is 31.2 Å². The highest BCUT2D eigenvalue weighted by Crippen LogP contribution is 2.39. The van der Waals surface area contributed by atoms with Crippen molar-refractivity contribution in [3.63, 3.8) is 0 Å². The Kier molecular flexibility index (Phi) is 6.41. The molecule has 0 saturated carbocycles. The molecule has 1 unspecified atom stereocenters. The molecule has 1 aliphatic heterocycles. The summed E-state index contributed by atoms with van der Waals surface area (Å²) in [5.41, 5.74) is 1.78. The van der Waals surface area contributed by atoms with Crippen LogP contribution in [0, 0.1) is 6.92 Å². The van der Waals surface area contributed by atoms with Gasteiger partial charge in [-0.1, -0.05) is 40.6 Å². The Hall–Kier alpha value is -2.35. The molecular formula is C22H23ClN2O4S. The van der Waals surface area contributed by atoms with Gasteiger partial charge in [0.25, 0.3) is 5.91 Å². The first kappa shape index (κ1) is 20.9. The van der Waals surface area contributed by atoms with Crippen molar-refractivity contribution in [2.45, 2.75) is 25.9 Å². The summed E-state index contributed by atoms with van der Waals surface area (Å²) in [6, 6.07) is 11.2. The van der Waals surface area contributed by atoms with Crippen LogP contribution in [0.25, 0.3) is 10.2 Å². The molecule has 0 aliphatic carbocycles. The predicted octanol–water partition coefficient (Wildman–Crippen LogP) is 4.86. The maximum atomic E-state index is 13.1. The van der Waals surface area contributed by atoms with Crippen LogP contribution in [0.4, 0.5) is 5.13 Å². The molecule has 2 aromatic carbocycles. The first-order chi connectivity index (χ1) is 14.5. The molecule has 0 spiro atoms. The van der Waals surface area contributed by atoms with Gasteiger partial charge in [-0.15, -0.1) is 0 Å². The Labute approximate surface area is 184 Å². The third-order valence-corrected chi connectivity index (χ3v) is 6.53. The average Bonchev–Trinajstić information content (AvgIpc) is 3.42. The Morgan fingerprint density at radius 3 is 2.80 bits per heavy atom. The summed E-state index contributed by atoms with van der Waals surface area (Å²) in [6.07, 6.45) is 1.89. The highest BCUT2D eigenvalue weighted by molar-refractivity contribution is 7.23. The second kappa shape index (κ2) is 9.20. The van der Waals surface area contributed by atoms with Gasteiger partial charge in [-0.25, -0.2) is 4.98 Å².